The lowest BCUT2D eigenvalue weighted by Crippen LogP contribution is -2.67. The number of carbonyl (C=O) groups excluding carboxylic acids is 1. The Morgan fingerprint density at radius 1 is 0.886 bits per heavy atom. The van der Waals surface area contributed by atoms with Crippen LogP contribution in [0.3, 0.4) is 0 Å². The lowest BCUT2D eigenvalue weighted by Gasteiger charge is -2.72. The zero-order valence-electron chi connectivity index (χ0n) is 28.3. The molecule has 5 saturated carbocycles. The van der Waals surface area contributed by atoms with E-state index in [-0.39, 0.29) is 39.1 Å². The normalized spacial score (nSPS) is 45.2. The molecular formula is C39H57NO4. The van der Waals surface area contributed by atoms with Crippen LogP contribution in [0, 0.1) is 56.7 Å². The van der Waals surface area contributed by atoms with Gasteiger partial charge in [0.25, 0.3) is 0 Å². The molecule has 0 bridgehead atoms. The monoisotopic (exact) mass is 603 g/mol. The highest BCUT2D eigenvalue weighted by molar-refractivity contribution is 5.84. The maximum atomic E-state index is 14.5. The summed E-state index contributed by atoms with van der Waals surface area (Å²) < 4.78 is 11.5. The zero-order chi connectivity index (χ0) is 31.3. The molecule has 5 aliphatic carbocycles. The predicted molar refractivity (Wildman–Crippen MR) is 174 cm³/mol. The van der Waals surface area contributed by atoms with E-state index in [1.54, 1.807) is 0 Å². The number of ether oxygens (including phenoxy) is 2. The summed E-state index contributed by atoms with van der Waals surface area (Å²) in [4.78, 5) is 14.5. The summed E-state index contributed by atoms with van der Waals surface area (Å²) >= 11 is 0. The summed E-state index contributed by atoms with van der Waals surface area (Å²) in [5.41, 5.74) is 2.70. The fraction of sp³-hybridized carbons (Fsp3) is 0.769. The molecule has 2 N–H and O–H groups in total. The van der Waals surface area contributed by atoms with E-state index in [9.17, 15) is 9.90 Å². The Morgan fingerprint density at radius 3 is 2.39 bits per heavy atom. The number of aliphatic hydroxyl groups excluding tert-OH is 1. The van der Waals surface area contributed by atoms with E-state index >= 15 is 0 Å². The highest BCUT2D eigenvalue weighted by Gasteiger charge is 2.71. The van der Waals surface area contributed by atoms with Gasteiger partial charge in [-0.25, -0.2) is 0 Å². The lowest BCUT2D eigenvalue weighted by atomic mass is 9.32. The molecular weight excluding hydrogens is 546 g/mol. The standard InChI is InChI=1S/C39H57NO4/c1-24(2)26-12-17-39(34(42)40-23-25-8-10-28-29(22-25)44-21-20-43-28)19-18-37(6)27(33(26)39)9-11-31-36(5)15-14-32(41)35(3,4)30(36)13-16-38(31,37)7/h8,10,22,26-27,30-33,41H,1,9,11-21,23H2,2-7H3,(H,40,42)/t26-,27+,30-,31+,32-,33+,36-,37+,38+,39-/m0/s1. The van der Waals surface area contributed by atoms with Gasteiger partial charge in [0.2, 0.25) is 5.91 Å². The minimum atomic E-state index is -0.317. The third-order valence-corrected chi connectivity index (χ3v) is 15.6. The van der Waals surface area contributed by atoms with Crippen LogP contribution in [0.1, 0.15) is 111 Å². The fourth-order valence-electron chi connectivity index (χ4n) is 13.1. The molecule has 7 rings (SSSR count). The van der Waals surface area contributed by atoms with Crippen LogP contribution < -0.4 is 14.8 Å². The second-order valence-electron chi connectivity index (χ2n) is 17.4. The van der Waals surface area contributed by atoms with Gasteiger partial charge in [-0.3, -0.25) is 4.79 Å². The Kier molecular flexibility index (Phi) is 7.13. The second kappa shape index (κ2) is 10.2. The first kappa shape index (κ1) is 30.6. The molecule has 1 aromatic rings. The van der Waals surface area contributed by atoms with Crippen molar-refractivity contribution < 1.29 is 19.4 Å². The maximum absolute atomic E-state index is 14.5. The lowest BCUT2D eigenvalue weighted by molar-refractivity contribution is -0.246. The quantitative estimate of drug-likeness (QED) is 0.341. The Bertz CT molecular complexity index is 1340. The van der Waals surface area contributed by atoms with Crippen molar-refractivity contribution in [2.45, 2.75) is 118 Å². The van der Waals surface area contributed by atoms with Crippen LogP contribution in [0.15, 0.2) is 30.4 Å². The number of carbonyl (C=O) groups is 1. The van der Waals surface area contributed by atoms with E-state index in [2.05, 4.69) is 59.5 Å². The minimum absolute atomic E-state index is 0.0282. The van der Waals surface area contributed by atoms with Crippen LogP contribution in [0.4, 0.5) is 0 Å². The van der Waals surface area contributed by atoms with E-state index in [0.717, 1.165) is 55.6 Å². The maximum Gasteiger partial charge on any atom is 0.226 e. The molecule has 1 amide bonds. The largest absolute Gasteiger partial charge is 0.486 e. The van der Waals surface area contributed by atoms with Gasteiger partial charge in [0.15, 0.2) is 11.5 Å². The number of amides is 1. The summed E-state index contributed by atoms with van der Waals surface area (Å²) in [5, 5.41) is 14.5. The summed E-state index contributed by atoms with van der Waals surface area (Å²) in [6, 6.07) is 6.05. The number of benzene rings is 1. The molecule has 44 heavy (non-hydrogen) atoms. The molecule has 0 unspecified atom stereocenters. The number of fused-ring (bicyclic) bond motifs is 8. The molecule has 5 fully saturated rings. The highest BCUT2D eigenvalue weighted by atomic mass is 16.6. The molecule has 1 heterocycles. The summed E-state index contributed by atoms with van der Waals surface area (Å²) in [5.74, 6) is 4.36. The summed E-state index contributed by atoms with van der Waals surface area (Å²) in [6.07, 6.45) is 11.0. The molecule has 0 saturated heterocycles. The number of hydrogen-bond donors (Lipinski definition) is 2. The average Bonchev–Trinajstić information content (AvgIpc) is 3.40. The van der Waals surface area contributed by atoms with Gasteiger partial charge < -0.3 is 19.9 Å². The molecule has 1 aromatic carbocycles. The number of nitrogens with one attached hydrogen (secondary N) is 1. The second-order valence-corrected chi connectivity index (χ2v) is 17.4. The van der Waals surface area contributed by atoms with Gasteiger partial charge in [-0.2, -0.15) is 0 Å². The number of allylic oxidation sites excluding steroid dienone is 1. The van der Waals surface area contributed by atoms with Crippen molar-refractivity contribution in [2.75, 3.05) is 13.2 Å². The molecule has 10 atom stereocenters. The SMILES string of the molecule is C=C(C)[C@@H]1CC[C@]2(C(=O)NCc3ccc4c(c3)OCCO4)CC[C@]3(C)[C@H](CC[C@@H]4[C@@]5(C)CC[C@H](O)C(C)(C)[C@@H]5CC[C@]43C)[C@@H]12. The van der Waals surface area contributed by atoms with Gasteiger partial charge in [0.1, 0.15) is 13.2 Å². The van der Waals surface area contributed by atoms with E-state index in [1.165, 1.54) is 31.3 Å². The highest BCUT2D eigenvalue weighted by Crippen LogP contribution is 2.77. The molecule has 6 aliphatic rings. The summed E-state index contributed by atoms with van der Waals surface area (Å²) in [7, 11) is 0. The number of hydrogen-bond acceptors (Lipinski definition) is 4. The molecule has 5 heteroatoms. The molecule has 1 aliphatic heterocycles. The van der Waals surface area contributed by atoms with Gasteiger partial charge in [-0.1, -0.05) is 52.8 Å². The van der Waals surface area contributed by atoms with Crippen molar-refractivity contribution in [3.05, 3.63) is 35.9 Å². The molecule has 0 radical (unpaired) electrons. The topological polar surface area (TPSA) is 67.8 Å². The summed E-state index contributed by atoms with van der Waals surface area (Å²) in [6.45, 7) is 21.0. The molecule has 0 spiro atoms. The Balaban J connectivity index is 1.18. The van der Waals surface area contributed by atoms with Crippen molar-refractivity contribution in [3.8, 4) is 11.5 Å². The zero-order valence-corrected chi connectivity index (χ0v) is 28.3. The van der Waals surface area contributed by atoms with Crippen LogP contribution in [0.25, 0.3) is 0 Å². The third kappa shape index (κ3) is 4.09. The minimum Gasteiger partial charge on any atom is -0.486 e. The molecule has 242 valence electrons. The Morgan fingerprint density at radius 2 is 1.64 bits per heavy atom. The van der Waals surface area contributed by atoms with Gasteiger partial charge in [-0.05, 0) is 140 Å². The number of aliphatic hydroxyl groups is 1. The van der Waals surface area contributed by atoms with Crippen molar-refractivity contribution in [2.24, 2.45) is 56.7 Å². The van der Waals surface area contributed by atoms with Crippen molar-refractivity contribution in [3.63, 3.8) is 0 Å². The fourth-order valence-corrected chi connectivity index (χ4v) is 13.1. The average molecular weight is 604 g/mol. The number of rotatable bonds is 4. The first-order valence-electron chi connectivity index (χ1n) is 17.8. The van der Waals surface area contributed by atoms with Crippen molar-refractivity contribution in [1.29, 1.82) is 0 Å². The van der Waals surface area contributed by atoms with Crippen LogP contribution in [0.2, 0.25) is 0 Å². The Labute approximate surface area is 265 Å². The van der Waals surface area contributed by atoms with Crippen LogP contribution in [-0.2, 0) is 11.3 Å². The third-order valence-electron chi connectivity index (χ3n) is 15.6. The van der Waals surface area contributed by atoms with Crippen molar-refractivity contribution in [1.82, 2.24) is 5.32 Å². The van der Waals surface area contributed by atoms with E-state index in [1.807, 2.05) is 12.1 Å². The van der Waals surface area contributed by atoms with Crippen LogP contribution in [0.5, 0.6) is 11.5 Å². The van der Waals surface area contributed by atoms with E-state index in [4.69, 9.17) is 9.47 Å². The Hall–Kier alpha value is -2.01. The van der Waals surface area contributed by atoms with Gasteiger partial charge >= 0.3 is 0 Å². The first-order valence-corrected chi connectivity index (χ1v) is 17.8. The van der Waals surface area contributed by atoms with Crippen molar-refractivity contribution >= 4 is 5.91 Å². The van der Waals surface area contributed by atoms with Gasteiger partial charge in [-0.15, -0.1) is 0 Å². The van der Waals surface area contributed by atoms with E-state index < -0.39 is 0 Å². The molecule has 0 aromatic heterocycles. The smallest absolute Gasteiger partial charge is 0.226 e. The van der Waals surface area contributed by atoms with Crippen LogP contribution in [-0.4, -0.2) is 30.3 Å². The van der Waals surface area contributed by atoms with E-state index in [0.29, 0.717) is 49.3 Å². The predicted octanol–water partition coefficient (Wildman–Crippen LogP) is 8.09. The van der Waals surface area contributed by atoms with Crippen LogP contribution >= 0.6 is 0 Å². The van der Waals surface area contributed by atoms with Gasteiger partial charge in [0, 0.05) is 6.54 Å². The first-order chi connectivity index (χ1) is 20.8. The van der Waals surface area contributed by atoms with Gasteiger partial charge in [0.05, 0.1) is 11.5 Å². The molecule has 5 nitrogen and oxygen atoms in total.